The highest BCUT2D eigenvalue weighted by Crippen LogP contribution is 2.22. The number of ether oxygens (including phenoxy) is 1. The third-order valence-corrected chi connectivity index (χ3v) is 7.53. The highest BCUT2D eigenvalue weighted by Gasteiger charge is 2.30. The number of carbonyl (C=O) groups is 2. The number of benzene rings is 1. The molecule has 0 aromatic heterocycles. The van der Waals surface area contributed by atoms with Crippen LogP contribution in [0, 0.1) is 6.92 Å². The largest absolute Gasteiger partial charge is 0.450 e. The Morgan fingerprint density at radius 1 is 0.967 bits per heavy atom. The van der Waals surface area contributed by atoms with Crippen molar-refractivity contribution in [1.29, 1.82) is 0 Å². The van der Waals surface area contributed by atoms with Gasteiger partial charge < -0.3 is 19.4 Å². The molecule has 166 valence electrons. The zero-order valence-electron chi connectivity index (χ0n) is 17.8. The van der Waals surface area contributed by atoms with Crippen LogP contribution in [0.4, 0.5) is 4.79 Å². The van der Waals surface area contributed by atoms with Gasteiger partial charge in [-0.1, -0.05) is 6.07 Å². The van der Waals surface area contributed by atoms with Gasteiger partial charge in [-0.3, -0.25) is 4.79 Å². The maximum Gasteiger partial charge on any atom is 0.409 e. The summed E-state index contributed by atoms with van der Waals surface area (Å²) < 4.78 is 32.6. The molecule has 2 heterocycles. The van der Waals surface area contributed by atoms with Gasteiger partial charge in [0.2, 0.25) is 10.0 Å². The number of hydrogen-bond acceptors (Lipinski definition) is 6. The molecule has 0 atom stereocenters. The molecular formula is C20H30N4O5S. The molecule has 0 N–H and O–H groups in total. The van der Waals surface area contributed by atoms with Crippen LogP contribution in [0.5, 0.6) is 0 Å². The summed E-state index contributed by atoms with van der Waals surface area (Å²) in [4.78, 5) is 30.4. The molecule has 2 aliphatic heterocycles. The number of hydrogen-bond donors (Lipinski definition) is 0. The first-order chi connectivity index (χ1) is 14.2. The SMILES string of the molecule is CCOC(=O)N1CCN(C(=O)c2cc(S(=O)(=O)N3CCN(C)CC3)ccc2C)CC1. The Morgan fingerprint density at radius 2 is 1.57 bits per heavy atom. The van der Waals surface area contributed by atoms with Crippen LogP contribution in [0.15, 0.2) is 23.1 Å². The van der Waals surface area contributed by atoms with E-state index in [2.05, 4.69) is 4.90 Å². The molecule has 3 rings (SSSR count). The fourth-order valence-corrected chi connectivity index (χ4v) is 5.10. The first-order valence-electron chi connectivity index (χ1n) is 10.2. The Hall–Kier alpha value is -2.17. The first-order valence-corrected chi connectivity index (χ1v) is 11.7. The topological polar surface area (TPSA) is 90.5 Å². The third-order valence-electron chi connectivity index (χ3n) is 5.63. The van der Waals surface area contributed by atoms with Crippen molar-refractivity contribution >= 4 is 22.0 Å². The minimum absolute atomic E-state index is 0.145. The maximum absolute atomic E-state index is 13.1. The molecule has 0 bridgehead atoms. The second-order valence-corrected chi connectivity index (χ2v) is 9.60. The van der Waals surface area contributed by atoms with Crippen LogP contribution in [0.2, 0.25) is 0 Å². The summed E-state index contributed by atoms with van der Waals surface area (Å²) in [6.45, 7) is 7.65. The van der Waals surface area contributed by atoms with Gasteiger partial charge in [0, 0.05) is 57.9 Å². The van der Waals surface area contributed by atoms with E-state index in [4.69, 9.17) is 4.74 Å². The number of likely N-dealkylation sites (N-methyl/N-ethyl adjacent to an activating group) is 1. The summed E-state index contributed by atoms with van der Waals surface area (Å²) in [5, 5.41) is 0. The van der Waals surface area contributed by atoms with Gasteiger partial charge in [-0.25, -0.2) is 13.2 Å². The van der Waals surface area contributed by atoms with Gasteiger partial charge in [0.15, 0.2) is 0 Å². The molecule has 10 heteroatoms. The molecule has 1 aromatic carbocycles. The van der Waals surface area contributed by atoms with Crippen LogP contribution in [-0.4, -0.2) is 105 Å². The zero-order valence-corrected chi connectivity index (χ0v) is 18.7. The van der Waals surface area contributed by atoms with Crippen LogP contribution in [0.3, 0.4) is 0 Å². The van der Waals surface area contributed by atoms with Crippen molar-refractivity contribution in [3.05, 3.63) is 29.3 Å². The van der Waals surface area contributed by atoms with E-state index in [9.17, 15) is 18.0 Å². The van der Waals surface area contributed by atoms with Gasteiger partial charge in [0.25, 0.3) is 5.91 Å². The van der Waals surface area contributed by atoms with E-state index >= 15 is 0 Å². The van der Waals surface area contributed by atoms with Gasteiger partial charge in [-0.2, -0.15) is 4.31 Å². The lowest BCUT2D eigenvalue weighted by Crippen LogP contribution is -2.50. The van der Waals surface area contributed by atoms with Crippen LogP contribution in [0.25, 0.3) is 0 Å². The third kappa shape index (κ3) is 4.76. The zero-order chi connectivity index (χ0) is 21.9. The monoisotopic (exact) mass is 438 g/mol. The van der Waals surface area contributed by atoms with Crippen molar-refractivity contribution < 1.29 is 22.7 Å². The Bertz CT molecular complexity index is 888. The highest BCUT2D eigenvalue weighted by molar-refractivity contribution is 7.89. The normalized spacial score (nSPS) is 19.0. The standard InChI is InChI=1S/C20H30N4O5S/c1-4-29-20(26)23-11-9-22(10-12-23)19(25)18-15-17(6-5-16(18)2)30(27,28)24-13-7-21(3)8-14-24/h5-6,15H,4,7-14H2,1-3H3. The molecule has 0 aliphatic carbocycles. The Kier molecular flexibility index (Phi) is 6.99. The molecule has 0 unspecified atom stereocenters. The summed E-state index contributed by atoms with van der Waals surface area (Å²) in [6, 6.07) is 4.74. The molecule has 2 aliphatic rings. The molecule has 9 nitrogen and oxygen atoms in total. The fourth-order valence-electron chi connectivity index (χ4n) is 3.65. The predicted molar refractivity (Wildman–Crippen MR) is 112 cm³/mol. The smallest absolute Gasteiger partial charge is 0.409 e. The molecule has 2 amide bonds. The van der Waals surface area contributed by atoms with Gasteiger partial charge in [0.1, 0.15) is 0 Å². The van der Waals surface area contributed by atoms with Crippen LogP contribution in [-0.2, 0) is 14.8 Å². The Labute approximate surface area is 178 Å². The minimum atomic E-state index is -3.65. The predicted octanol–water partition coefficient (Wildman–Crippen LogP) is 0.845. The minimum Gasteiger partial charge on any atom is -0.450 e. The summed E-state index contributed by atoms with van der Waals surface area (Å²) in [5.74, 6) is -0.216. The maximum atomic E-state index is 13.1. The van der Waals surface area contributed by atoms with Crippen LogP contribution < -0.4 is 0 Å². The molecular weight excluding hydrogens is 408 g/mol. The number of aryl methyl sites for hydroxylation is 1. The molecule has 30 heavy (non-hydrogen) atoms. The van der Waals surface area contributed by atoms with Gasteiger partial charge in [0.05, 0.1) is 11.5 Å². The van der Waals surface area contributed by atoms with Crippen molar-refractivity contribution in [2.45, 2.75) is 18.7 Å². The van der Waals surface area contributed by atoms with E-state index in [1.165, 1.54) is 10.4 Å². The summed E-state index contributed by atoms with van der Waals surface area (Å²) >= 11 is 0. The lowest BCUT2D eigenvalue weighted by molar-refractivity contribution is 0.0569. The van der Waals surface area contributed by atoms with E-state index < -0.39 is 10.0 Å². The summed E-state index contributed by atoms with van der Waals surface area (Å²) in [6.07, 6.45) is -0.374. The van der Waals surface area contributed by atoms with E-state index in [1.54, 1.807) is 35.8 Å². The van der Waals surface area contributed by atoms with Gasteiger partial charge >= 0.3 is 6.09 Å². The van der Waals surface area contributed by atoms with Crippen molar-refractivity contribution in [3.8, 4) is 0 Å². The van der Waals surface area contributed by atoms with Crippen LogP contribution in [0.1, 0.15) is 22.8 Å². The Balaban J connectivity index is 1.74. The lowest BCUT2D eigenvalue weighted by atomic mass is 10.1. The molecule has 2 saturated heterocycles. The van der Waals surface area contributed by atoms with Crippen LogP contribution >= 0.6 is 0 Å². The van der Waals surface area contributed by atoms with E-state index in [-0.39, 0.29) is 16.9 Å². The molecule has 1 aromatic rings. The quantitative estimate of drug-likeness (QED) is 0.692. The second-order valence-electron chi connectivity index (χ2n) is 7.66. The van der Waals surface area contributed by atoms with Gasteiger partial charge in [-0.15, -0.1) is 0 Å². The number of sulfonamides is 1. The van der Waals surface area contributed by atoms with Crippen molar-refractivity contribution in [2.24, 2.45) is 0 Å². The molecule has 0 saturated carbocycles. The average Bonchev–Trinajstić information content (AvgIpc) is 2.74. The van der Waals surface area contributed by atoms with Gasteiger partial charge in [-0.05, 0) is 38.6 Å². The van der Waals surface area contributed by atoms with Crippen molar-refractivity contribution in [3.63, 3.8) is 0 Å². The average molecular weight is 439 g/mol. The van der Waals surface area contributed by atoms with Crippen molar-refractivity contribution in [1.82, 2.24) is 19.0 Å². The second kappa shape index (κ2) is 9.32. The Morgan fingerprint density at radius 3 is 2.17 bits per heavy atom. The van der Waals surface area contributed by atoms with E-state index in [1.807, 2.05) is 7.05 Å². The summed E-state index contributed by atoms with van der Waals surface area (Å²) in [7, 11) is -1.68. The molecule has 0 spiro atoms. The lowest BCUT2D eigenvalue weighted by Gasteiger charge is -2.34. The number of piperazine rings is 2. The van der Waals surface area contributed by atoms with E-state index in [0.717, 1.165) is 5.56 Å². The number of carbonyl (C=O) groups excluding carboxylic acids is 2. The number of amides is 2. The number of rotatable bonds is 4. The highest BCUT2D eigenvalue weighted by atomic mass is 32.2. The fraction of sp³-hybridized carbons (Fsp3) is 0.600. The van der Waals surface area contributed by atoms with E-state index in [0.29, 0.717) is 64.5 Å². The molecule has 2 fully saturated rings. The number of nitrogens with zero attached hydrogens (tertiary/aromatic N) is 4. The summed E-state index contributed by atoms with van der Waals surface area (Å²) in [5.41, 5.74) is 1.11. The van der Waals surface area contributed by atoms with Crippen molar-refractivity contribution in [2.75, 3.05) is 66.0 Å². The first kappa shape index (κ1) is 22.5. The molecule has 0 radical (unpaired) electrons.